The van der Waals surface area contributed by atoms with Crippen LogP contribution in [0.5, 0.6) is 0 Å². The van der Waals surface area contributed by atoms with E-state index in [1.165, 1.54) is 23.3 Å². The molecule has 0 aliphatic carbocycles. The fraction of sp³-hybridized carbons (Fsp3) is 0.300. The minimum Gasteiger partial charge on any atom is -0.369 e. The summed E-state index contributed by atoms with van der Waals surface area (Å²) >= 11 is 0. The van der Waals surface area contributed by atoms with E-state index in [0.29, 0.717) is 18.2 Å². The number of aryl methyl sites for hydroxylation is 2. The summed E-state index contributed by atoms with van der Waals surface area (Å²) in [5.74, 6) is 0.199. The van der Waals surface area contributed by atoms with Gasteiger partial charge in [-0.05, 0) is 38.5 Å². The van der Waals surface area contributed by atoms with Crippen LogP contribution in [0.2, 0.25) is 0 Å². The largest absolute Gasteiger partial charge is 0.369 e. The summed E-state index contributed by atoms with van der Waals surface area (Å²) in [7, 11) is 0. The molecule has 0 atom stereocenters. The number of benzene rings is 2. The van der Waals surface area contributed by atoms with Crippen LogP contribution in [0.3, 0.4) is 0 Å². The van der Waals surface area contributed by atoms with Gasteiger partial charge in [-0.25, -0.2) is 18.4 Å². The summed E-state index contributed by atoms with van der Waals surface area (Å²) in [5.41, 5.74) is 5.87. The molecule has 0 bridgehead atoms. The molecule has 202 valence electrons. The van der Waals surface area contributed by atoms with Crippen molar-refractivity contribution in [2.24, 2.45) is 0 Å². The predicted molar refractivity (Wildman–Crippen MR) is 151 cm³/mol. The first kappa shape index (κ1) is 26.5. The standard InChI is InChI=1S/C30H33F2N7/c1-21-6-8-24(9-7-21)19-33-30-35-22(2)15-29(36-30)39-23(3)25(20-34-39)5-4-10-37-11-13-38(14-12-37)28-17-26(31)16-27(32)18-28/h4-9,15-18,20H,10-14,19H2,1-3H3,(H,33,35,36)/b5-4+. The molecule has 0 amide bonds. The molecule has 1 saturated heterocycles. The quantitative estimate of drug-likeness (QED) is 0.334. The lowest BCUT2D eigenvalue weighted by atomic mass is 10.1. The lowest BCUT2D eigenvalue weighted by molar-refractivity contribution is 0.284. The molecule has 2 aromatic carbocycles. The Labute approximate surface area is 227 Å². The molecular formula is C30H33F2N7. The van der Waals surface area contributed by atoms with Gasteiger partial charge in [-0.15, -0.1) is 0 Å². The van der Waals surface area contributed by atoms with E-state index in [1.807, 2.05) is 35.7 Å². The van der Waals surface area contributed by atoms with Crippen molar-refractivity contribution in [3.8, 4) is 5.82 Å². The molecule has 0 spiro atoms. The zero-order chi connectivity index (χ0) is 27.4. The first-order valence-corrected chi connectivity index (χ1v) is 13.1. The lowest BCUT2D eigenvalue weighted by Crippen LogP contribution is -2.46. The Hall–Kier alpha value is -4.11. The minimum atomic E-state index is -0.543. The molecule has 9 heteroatoms. The van der Waals surface area contributed by atoms with Crippen molar-refractivity contribution in [1.82, 2.24) is 24.6 Å². The van der Waals surface area contributed by atoms with Gasteiger partial charge in [0.15, 0.2) is 5.82 Å². The molecule has 39 heavy (non-hydrogen) atoms. The highest BCUT2D eigenvalue weighted by molar-refractivity contribution is 5.52. The van der Waals surface area contributed by atoms with Gasteiger partial charge in [0.25, 0.3) is 0 Å². The van der Waals surface area contributed by atoms with Crippen LogP contribution in [0.4, 0.5) is 20.4 Å². The van der Waals surface area contributed by atoms with Gasteiger partial charge in [0, 0.05) is 68.3 Å². The molecule has 0 radical (unpaired) electrons. The fourth-order valence-corrected chi connectivity index (χ4v) is 4.68. The van der Waals surface area contributed by atoms with Gasteiger partial charge in [0.05, 0.1) is 11.9 Å². The van der Waals surface area contributed by atoms with E-state index in [-0.39, 0.29) is 0 Å². The molecule has 5 rings (SSSR count). The summed E-state index contributed by atoms with van der Waals surface area (Å²) in [5, 5.41) is 7.91. The number of nitrogens with zero attached hydrogens (tertiary/aromatic N) is 6. The zero-order valence-electron chi connectivity index (χ0n) is 22.5. The smallest absolute Gasteiger partial charge is 0.225 e. The Balaban J connectivity index is 1.18. The average Bonchev–Trinajstić information content (AvgIpc) is 3.28. The van der Waals surface area contributed by atoms with Crippen LogP contribution < -0.4 is 10.2 Å². The van der Waals surface area contributed by atoms with E-state index in [9.17, 15) is 8.78 Å². The Morgan fingerprint density at radius 1 is 0.897 bits per heavy atom. The SMILES string of the molecule is Cc1ccc(CNc2nc(C)cc(-n3ncc(/C=C/CN4CCN(c5cc(F)cc(F)c5)CC4)c3C)n2)cc1. The third-order valence-electron chi connectivity index (χ3n) is 6.92. The van der Waals surface area contributed by atoms with Crippen molar-refractivity contribution in [1.29, 1.82) is 0 Å². The van der Waals surface area contributed by atoms with E-state index in [4.69, 9.17) is 4.98 Å². The van der Waals surface area contributed by atoms with Gasteiger partial charge in [-0.3, -0.25) is 4.90 Å². The van der Waals surface area contributed by atoms with E-state index in [2.05, 4.69) is 63.6 Å². The molecule has 1 aliphatic heterocycles. The van der Waals surface area contributed by atoms with Crippen molar-refractivity contribution in [2.45, 2.75) is 27.3 Å². The molecule has 0 saturated carbocycles. The Kier molecular flexibility index (Phi) is 7.97. The third-order valence-corrected chi connectivity index (χ3v) is 6.92. The van der Waals surface area contributed by atoms with Crippen LogP contribution >= 0.6 is 0 Å². The van der Waals surface area contributed by atoms with Crippen molar-refractivity contribution in [3.05, 3.63) is 101 Å². The van der Waals surface area contributed by atoms with Crippen molar-refractivity contribution < 1.29 is 8.78 Å². The number of anilines is 2. The molecule has 1 N–H and O–H groups in total. The molecule has 3 heterocycles. The molecular weight excluding hydrogens is 496 g/mol. The van der Waals surface area contributed by atoms with Crippen LogP contribution in [0.1, 0.15) is 28.1 Å². The van der Waals surface area contributed by atoms with Crippen LogP contribution in [-0.2, 0) is 6.54 Å². The Morgan fingerprint density at radius 2 is 1.62 bits per heavy atom. The lowest BCUT2D eigenvalue weighted by Gasteiger charge is -2.35. The Morgan fingerprint density at radius 3 is 2.33 bits per heavy atom. The number of halogens is 2. The van der Waals surface area contributed by atoms with E-state index in [1.54, 1.807) is 0 Å². The first-order chi connectivity index (χ1) is 18.8. The second-order valence-electron chi connectivity index (χ2n) is 9.95. The molecule has 7 nitrogen and oxygen atoms in total. The first-order valence-electron chi connectivity index (χ1n) is 13.1. The molecule has 2 aromatic heterocycles. The average molecular weight is 530 g/mol. The van der Waals surface area contributed by atoms with E-state index < -0.39 is 11.6 Å². The number of piperazine rings is 1. The highest BCUT2D eigenvalue weighted by Crippen LogP contribution is 2.20. The third kappa shape index (κ3) is 6.67. The van der Waals surface area contributed by atoms with Gasteiger partial charge in [-0.1, -0.05) is 42.0 Å². The summed E-state index contributed by atoms with van der Waals surface area (Å²) in [6, 6.07) is 14.0. The maximum atomic E-state index is 13.6. The molecule has 0 unspecified atom stereocenters. The second kappa shape index (κ2) is 11.7. The second-order valence-corrected chi connectivity index (χ2v) is 9.95. The van der Waals surface area contributed by atoms with Gasteiger partial charge in [-0.2, -0.15) is 10.1 Å². The molecule has 1 fully saturated rings. The number of hydrogen-bond acceptors (Lipinski definition) is 6. The van der Waals surface area contributed by atoms with Crippen LogP contribution in [-0.4, -0.2) is 57.4 Å². The maximum Gasteiger partial charge on any atom is 0.225 e. The highest BCUT2D eigenvalue weighted by atomic mass is 19.1. The van der Waals surface area contributed by atoms with Gasteiger partial charge in [0.2, 0.25) is 5.95 Å². The number of rotatable bonds is 8. The predicted octanol–water partition coefficient (Wildman–Crippen LogP) is 5.31. The van der Waals surface area contributed by atoms with Crippen LogP contribution in [0.25, 0.3) is 11.9 Å². The topological polar surface area (TPSA) is 62.1 Å². The van der Waals surface area contributed by atoms with Crippen molar-refractivity contribution in [3.63, 3.8) is 0 Å². The monoisotopic (exact) mass is 529 g/mol. The molecule has 1 aliphatic rings. The number of hydrogen-bond donors (Lipinski definition) is 1. The summed E-state index contributed by atoms with van der Waals surface area (Å²) in [6.45, 7) is 10.6. The summed E-state index contributed by atoms with van der Waals surface area (Å²) in [4.78, 5) is 13.6. The molecule has 4 aromatic rings. The highest BCUT2D eigenvalue weighted by Gasteiger charge is 2.17. The zero-order valence-corrected chi connectivity index (χ0v) is 22.5. The maximum absolute atomic E-state index is 13.6. The van der Waals surface area contributed by atoms with Gasteiger partial charge >= 0.3 is 0 Å². The Bertz CT molecular complexity index is 1430. The number of aromatic nitrogens is 4. The van der Waals surface area contributed by atoms with Crippen LogP contribution in [0, 0.1) is 32.4 Å². The van der Waals surface area contributed by atoms with Gasteiger partial charge < -0.3 is 10.2 Å². The summed E-state index contributed by atoms with van der Waals surface area (Å²) < 4.78 is 29.0. The minimum absolute atomic E-state index is 0.543. The van der Waals surface area contributed by atoms with Crippen molar-refractivity contribution in [2.75, 3.05) is 42.9 Å². The fourth-order valence-electron chi connectivity index (χ4n) is 4.68. The van der Waals surface area contributed by atoms with E-state index >= 15 is 0 Å². The van der Waals surface area contributed by atoms with Crippen molar-refractivity contribution >= 4 is 17.7 Å². The summed E-state index contributed by atoms with van der Waals surface area (Å²) in [6.07, 6.45) is 6.06. The number of nitrogens with one attached hydrogen (secondary N) is 1. The van der Waals surface area contributed by atoms with E-state index in [0.717, 1.165) is 61.6 Å². The van der Waals surface area contributed by atoms with Gasteiger partial charge in [0.1, 0.15) is 11.6 Å². The van der Waals surface area contributed by atoms with Crippen LogP contribution in [0.15, 0.2) is 60.8 Å². The normalized spacial score (nSPS) is 14.3.